The molecule has 0 saturated heterocycles. The number of allylic oxidation sites excluding steroid dienone is 1. The summed E-state index contributed by atoms with van der Waals surface area (Å²) in [6.45, 7) is 6.82. The van der Waals surface area contributed by atoms with Crippen molar-refractivity contribution in [3.63, 3.8) is 0 Å². The molecule has 0 aliphatic rings. The van der Waals surface area contributed by atoms with E-state index in [0.29, 0.717) is 16.6 Å². The number of nitriles is 1. The number of thiazole rings is 1. The predicted molar refractivity (Wildman–Crippen MR) is 113 cm³/mol. The van der Waals surface area contributed by atoms with E-state index in [-0.39, 0.29) is 11.3 Å². The highest BCUT2D eigenvalue weighted by Gasteiger charge is 2.18. The Hall–Kier alpha value is -1.87. The number of rotatable bonds is 10. The second-order valence-corrected chi connectivity index (χ2v) is 7.91. The minimum Gasteiger partial charge on any atom is -0.506 e. The Balaban J connectivity index is 2.20. The molecule has 2 aromatic rings. The SMILES string of the molecule is CCCC[NH+](CCCC)C/C(O)=C(\C#N)c1nc(-c2ccc(Cl)cc2)cs1. The van der Waals surface area contributed by atoms with Crippen LogP contribution in [0.1, 0.15) is 44.5 Å². The number of hydrogen-bond acceptors (Lipinski definition) is 4. The summed E-state index contributed by atoms with van der Waals surface area (Å²) < 4.78 is 0. The van der Waals surface area contributed by atoms with Gasteiger partial charge in [-0.25, -0.2) is 4.98 Å². The fraction of sp³-hybridized carbons (Fsp3) is 0.429. The third kappa shape index (κ3) is 6.35. The molecule has 1 aromatic carbocycles. The molecule has 6 heteroatoms. The molecule has 0 amide bonds. The monoisotopic (exact) mass is 404 g/mol. The number of aromatic nitrogens is 1. The summed E-state index contributed by atoms with van der Waals surface area (Å²) in [4.78, 5) is 5.88. The van der Waals surface area contributed by atoms with Gasteiger partial charge in [-0.15, -0.1) is 11.3 Å². The first-order valence-corrected chi connectivity index (χ1v) is 10.7. The highest BCUT2D eigenvalue weighted by Crippen LogP contribution is 2.27. The largest absolute Gasteiger partial charge is 0.506 e. The molecule has 2 N–H and O–H groups in total. The van der Waals surface area contributed by atoms with Crippen molar-refractivity contribution in [1.29, 1.82) is 5.26 Å². The zero-order chi connectivity index (χ0) is 19.6. The average molecular weight is 405 g/mol. The Bertz CT molecular complexity index is 785. The Labute approximate surface area is 170 Å². The molecule has 0 unspecified atom stereocenters. The number of hydrogen-bond donors (Lipinski definition) is 2. The number of quaternary nitrogens is 1. The number of nitrogens with one attached hydrogen (secondary N) is 1. The van der Waals surface area contributed by atoms with E-state index in [0.717, 1.165) is 50.0 Å². The Morgan fingerprint density at radius 3 is 2.37 bits per heavy atom. The number of aliphatic hydroxyl groups excluding tert-OH is 1. The van der Waals surface area contributed by atoms with Gasteiger partial charge in [0.2, 0.25) is 0 Å². The van der Waals surface area contributed by atoms with Crippen LogP contribution in [0.2, 0.25) is 5.02 Å². The van der Waals surface area contributed by atoms with Gasteiger partial charge in [0.1, 0.15) is 23.2 Å². The molecule has 0 aliphatic carbocycles. The lowest BCUT2D eigenvalue weighted by atomic mass is 10.2. The molecule has 0 fully saturated rings. The van der Waals surface area contributed by atoms with Gasteiger partial charge in [0.25, 0.3) is 0 Å². The van der Waals surface area contributed by atoms with Gasteiger partial charge in [-0.3, -0.25) is 0 Å². The van der Waals surface area contributed by atoms with Gasteiger partial charge in [-0.2, -0.15) is 5.26 Å². The molecule has 0 radical (unpaired) electrons. The van der Waals surface area contributed by atoms with Crippen molar-refractivity contribution in [2.24, 2.45) is 0 Å². The topological polar surface area (TPSA) is 61.4 Å². The standard InChI is InChI=1S/C21H26ClN3OS/c1-3-5-11-25(12-6-4-2)14-20(26)18(13-23)21-24-19(15-27-21)16-7-9-17(22)10-8-16/h7-10,15,26H,3-6,11-12,14H2,1-2H3/p+1/b20-18-. The summed E-state index contributed by atoms with van der Waals surface area (Å²) >= 11 is 7.31. The summed E-state index contributed by atoms with van der Waals surface area (Å²) in [6, 6.07) is 9.59. The second-order valence-electron chi connectivity index (χ2n) is 6.61. The molecule has 0 aliphatic heterocycles. The molecule has 0 atom stereocenters. The van der Waals surface area contributed by atoms with Crippen molar-refractivity contribution < 1.29 is 10.0 Å². The van der Waals surface area contributed by atoms with Crippen molar-refractivity contribution in [3.05, 3.63) is 45.4 Å². The van der Waals surface area contributed by atoms with Crippen LogP contribution in [0.25, 0.3) is 16.8 Å². The van der Waals surface area contributed by atoms with E-state index in [1.807, 2.05) is 29.6 Å². The van der Waals surface area contributed by atoms with Crippen LogP contribution in [0.5, 0.6) is 0 Å². The molecule has 27 heavy (non-hydrogen) atoms. The maximum Gasteiger partial charge on any atom is 0.168 e. The van der Waals surface area contributed by atoms with E-state index < -0.39 is 0 Å². The third-order valence-electron chi connectivity index (χ3n) is 4.44. The van der Waals surface area contributed by atoms with Crippen LogP contribution in [-0.2, 0) is 0 Å². The molecule has 1 heterocycles. The summed E-state index contributed by atoms with van der Waals surface area (Å²) in [5, 5.41) is 23.4. The van der Waals surface area contributed by atoms with E-state index in [4.69, 9.17) is 11.6 Å². The van der Waals surface area contributed by atoms with Crippen LogP contribution in [0, 0.1) is 11.3 Å². The fourth-order valence-electron chi connectivity index (χ4n) is 2.86. The first-order valence-electron chi connectivity index (χ1n) is 9.46. The smallest absolute Gasteiger partial charge is 0.168 e. The van der Waals surface area contributed by atoms with Gasteiger partial charge >= 0.3 is 0 Å². The van der Waals surface area contributed by atoms with E-state index in [9.17, 15) is 10.4 Å². The van der Waals surface area contributed by atoms with Crippen LogP contribution in [0.15, 0.2) is 35.4 Å². The van der Waals surface area contributed by atoms with E-state index in [2.05, 4.69) is 24.9 Å². The van der Waals surface area contributed by atoms with Crippen LogP contribution >= 0.6 is 22.9 Å². The van der Waals surface area contributed by atoms with Crippen molar-refractivity contribution in [2.45, 2.75) is 39.5 Å². The summed E-state index contributed by atoms with van der Waals surface area (Å²) in [6.07, 6.45) is 4.49. The molecule has 0 bridgehead atoms. The van der Waals surface area contributed by atoms with Crippen LogP contribution in [-0.4, -0.2) is 29.7 Å². The highest BCUT2D eigenvalue weighted by atomic mass is 35.5. The molecule has 4 nitrogen and oxygen atoms in total. The highest BCUT2D eigenvalue weighted by molar-refractivity contribution is 7.11. The van der Waals surface area contributed by atoms with Gasteiger partial charge in [0.15, 0.2) is 5.76 Å². The van der Waals surface area contributed by atoms with Crippen molar-refractivity contribution in [3.8, 4) is 17.3 Å². The molecule has 0 spiro atoms. The van der Waals surface area contributed by atoms with Gasteiger partial charge in [-0.05, 0) is 25.0 Å². The van der Waals surface area contributed by atoms with Gasteiger partial charge in [0.05, 0.1) is 18.8 Å². The summed E-state index contributed by atoms with van der Waals surface area (Å²) in [5.74, 6) is 0.136. The summed E-state index contributed by atoms with van der Waals surface area (Å²) in [7, 11) is 0. The van der Waals surface area contributed by atoms with E-state index >= 15 is 0 Å². The maximum atomic E-state index is 10.6. The predicted octanol–water partition coefficient (Wildman–Crippen LogP) is 4.74. The molecule has 144 valence electrons. The van der Waals surface area contributed by atoms with Gasteiger partial charge in [-0.1, -0.05) is 50.4 Å². The number of unbranched alkanes of at least 4 members (excludes halogenated alkanes) is 2. The van der Waals surface area contributed by atoms with Crippen molar-refractivity contribution >= 4 is 28.5 Å². The third-order valence-corrected chi connectivity index (χ3v) is 5.56. The molecule has 2 rings (SSSR count). The maximum absolute atomic E-state index is 10.6. The van der Waals surface area contributed by atoms with Crippen LogP contribution < -0.4 is 4.90 Å². The number of halogens is 1. The zero-order valence-electron chi connectivity index (χ0n) is 16.0. The first-order chi connectivity index (χ1) is 13.1. The normalized spacial score (nSPS) is 12.1. The minimum atomic E-state index is 0.136. The van der Waals surface area contributed by atoms with Crippen molar-refractivity contribution in [1.82, 2.24) is 4.98 Å². The number of aliphatic hydroxyl groups is 1. The molecular weight excluding hydrogens is 378 g/mol. The summed E-state index contributed by atoms with van der Waals surface area (Å²) in [5.41, 5.74) is 2.01. The Kier molecular flexibility index (Phi) is 8.80. The van der Waals surface area contributed by atoms with Gasteiger partial charge in [0, 0.05) is 16.0 Å². The number of nitrogens with zero attached hydrogens (tertiary/aromatic N) is 2. The second kappa shape index (κ2) is 11.1. The Morgan fingerprint density at radius 2 is 1.81 bits per heavy atom. The molecule has 1 aromatic heterocycles. The average Bonchev–Trinajstić information content (AvgIpc) is 3.14. The number of benzene rings is 1. The van der Waals surface area contributed by atoms with E-state index in [1.54, 1.807) is 0 Å². The lowest BCUT2D eigenvalue weighted by Gasteiger charge is -2.19. The Morgan fingerprint density at radius 1 is 1.19 bits per heavy atom. The van der Waals surface area contributed by atoms with Gasteiger partial charge < -0.3 is 10.0 Å². The van der Waals surface area contributed by atoms with E-state index in [1.165, 1.54) is 16.2 Å². The van der Waals surface area contributed by atoms with Crippen molar-refractivity contribution in [2.75, 3.05) is 19.6 Å². The quantitative estimate of drug-likeness (QED) is 0.444. The first kappa shape index (κ1) is 21.4. The van der Waals surface area contributed by atoms with Crippen LogP contribution in [0.4, 0.5) is 0 Å². The zero-order valence-corrected chi connectivity index (χ0v) is 17.5. The van der Waals surface area contributed by atoms with Crippen LogP contribution in [0.3, 0.4) is 0 Å². The lowest BCUT2D eigenvalue weighted by Crippen LogP contribution is -3.12. The molecule has 0 saturated carbocycles. The minimum absolute atomic E-state index is 0.136. The molecular formula is C21H27ClN3OS+. The lowest BCUT2D eigenvalue weighted by molar-refractivity contribution is -0.897. The fourth-order valence-corrected chi connectivity index (χ4v) is 3.83.